The van der Waals surface area contributed by atoms with Crippen LogP contribution in [-0.2, 0) is 6.18 Å². The third-order valence-electron chi connectivity index (χ3n) is 2.73. The first-order chi connectivity index (χ1) is 8.71. The highest BCUT2D eigenvalue weighted by Gasteiger charge is 2.31. The Morgan fingerprint density at radius 2 is 2.00 bits per heavy atom. The van der Waals surface area contributed by atoms with Crippen molar-refractivity contribution in [1.29, 1.82) is 0 Å². The van der Waals surface area contributed by atoms with E-state index in [2.05, 4.69) is 5.10 Å². The second kappa shape index (κ2) is 4.25. The smallest absolute Gasteiger partial charge is 0.416 e. The molecule has 0 bridgehead atoms. The molecule has 1 heterocycles. The molecule has 7 heteroatoms. The lowest BCUT2D eigenvalue weighted by Gasteiger charge is -2.09. The summed E-state index contributed by atoms with van der Waals surface area (Å²) >= 11 is 0. The summed E-state index contributed by atoms with van der Waals surface area (Å²) in [5, 5.41) is 13.1. The lowest BCUT2D eigenvalue weighted by molar-refractivity contribution is -0.137. The Morgan fingerprint density at radius 3 is 2.47 bits per heavy atom. The number of carboxylic acid groups (broad SMARTS) is 1. The second-order valence-electron chi connectivity index (χ2n) is 4.42. The number of aromatic carboxylic acids is 1. The SMILES string of the molecule is CC(C)n1nc(C(=O)O)c2ccc(C(F)(F)F)cc21. The number of hydrogen-bond acceptors (Lipinski definition) is 2. The number of aromatic nitrogens is 2. The minimum Gasteiger partial charge on any atom is -0.476 e. The molecule has 2 rings (SSSR count). The van der Waals surface area contributed by atoms with E-state index in [1.54, 1.807) is 13.8 Å². The predicted octanol–water partition coefficient (Wildman–Crippen LogP) is 3.33. The average molecular weight is 272 g/mol. The van der Waals surface area contributed by atoms with Gasteiger partial charge in [-0.3, -0.25) is 4.68 Å². The topological polar surface area (TPSA) is 55.1 Å². The molecule has 0 unspecified atom stereocenters. The average Bonchev–Trinajstić information content (AvgIpc) is 2.66. The number of nitrogens with zero attached hydrogens (tertiary/aromatic N) is 2. The van der Waals surface area contributed by atoms with Crippen LogP contribution in [-0.4, -0.2) is 20.9 Å². The molecule has 2 aromatic rings. The van der Waals surface area contributed by atoms with Crippen LogP contribution in [0.1, 0.15) is 35.9 Å². The van der Waals surface area contributed by atoms with Gasteiger partial charge in [0.25, 0.3) is 0 Å². The van der Waals surface area contributed by atoms with Crippen molar-refractivity contribution >= 4 is 16.9 Å². The third kappa shape index (κ3) is 2.27. The Labute approximate surface area is 106 Å². The molecule has 0 amide bonds. The van der Waals surface area contributed by atoms with Crippen molar-refractivity contribution < 1.29 is 23.1 Å². The number of carbonyl (C=O) groups is 1. The van der Waals surface area contributed by atoms with E-state index >= 15 is 0 Å². The van der Waals surface area contributed by atoms with E-state index in [1.165, 1.54) is 4.68 Å². The molecule has 102 valence electrons. The monoisotopic (exact) mass is 272 g/mol. The van der Waals surface area contributed by atoms with E-state index in [4.69, 9.17) is 5.11 Å². The van der Waals surface area contributed by atoms with Crippen molar-refractivity contribution in [3.05, 3.63) is 29.5 Å². The normalized spacial score (nSPS) is 12.3. The summed E-state index contributed by atoms with van der Waals surface area (Å²) < 4.78 is 39.3. The van der Waals surface area contributed by atoms with Gasteiger partial charge in [0.2, 0.25) is 0 Å². The van der Waals surface area contributed by atoms with Crippen molar-refractivity contribution in [2.75, 3.05) is 0 Å². The Morgan fingerprint density at radius 1 is 1.37 bits per heavy atom. The Kier molecular flexibility index (Phi) is 3.00. The van der Waals surface area contributed by atoms with Gasteiger partial charge >= 0.3 is 12.1 Å². The maximum atomic E-state index is 12.7. The minimum absolute atomic E-state index is 0.169. The third-order valence-corrected chi connectivity index (χ3v) is 2.73. The quantitative estimate of drug-likeness (QED) is 0.912. The summed E-state index contributed by atoms with van der Waals surface area (Å²) in [7, 11) is 0. The highest BCUT2D eigenvalue weighted by atomic mass is 19.4. The Bertz CT molecular complexity index is 644. The molecule has 0 spiro atoms. The van der Waals surface area contributed by atoms with Crippen LogP contribution >= 0.6 is 0 Å². The van der Waals surface area contributed by atoms with Crippen LogP contribution in [0.5, 0.6) is 0 Å². The first kappa shape index (κ1) is 13.4. The van der Waals surface area contributed by atoms with Crippen LogP contribution in [0, 0.1) is 0 Å². The molecule has 4 nitrogen and oxygen atoms in total. The molecule has 1 N–H and O–H groups in total. The molecule has 0 saturated heterocycles. The first-order valence-corrected chi connectivity index (χ1v) is 5.54. The van der Waals surface area contributed by atoms with Crippen molar-refractivity contribution in [3.63, 3.8) is 0 Å². The Balaban J connectivity index is 2.77. The van der Waals surface area contributed by atoms with Crippen LogP contribution in [0.15, 0.2) is 18.2 Å². The zero-order valence-electron chi connectivity index (χ0n) is 10.2. The minimum atomic E-state index is -4.47. The summed E-state index contributed by atoms with van der Waals surface area (Å²) in [5.41, 5.74) is -0.890. The number of hydrogen-bond donors (Lipinski definition) is 1. The molecule has 0 fully saturated rings. The van der Waals surface area contributed by atoms with Gasteiger partial charge in [0.15, 0.2) is 5.69 Å². The highest BCUT2D eigenvalue weighted by Crippen LogP contribution is 2.32. The van der Waals surface area contributed by atoms with Gasteiger partial charge in [-0.25, -0.2) is 4.79 Å². The molecule has 0 saturated carbocycles. The van der Waals surface area contributed by atoms with Crippen LogP contribution in [0.2, 0.25) is 0 Å². The lowest BCUT2D eigenvalue weighted by atomic mass is 10.1. The van der Waals surface area contributed by atoms with E-state index in [0.29, 0.717) is 0 Å². The van der Waals surface area contributed by atoms with E-state index in [9.17, 15) is 18.0 Å². The van der Waals surface area contributed by atoms with Crippen LogP contribution in [0.4, 0.5) is 13.2 Å². The summed E-state index contributed by atoms with van der Waals surface area (Å²) in [6.07, 6.45) is -4.47. The molecule has 19 heavy (non-hydrogen) atoms. The molecule has 0 aliphatic rings. The molecular formula is C12H11F3N2O2. The van der Waals surface area contributed by atoms with E-state index in [0.717, 1.165) is 18.2 Å². The first-order valence-electron chi connectivity index (χ1n) is 5.54. The predicted molar refractivity (Wildman–Crippen MR) is 62.1 cm³/mol. The number of fused-ring (bicyclic) bond motifs is 1. The van der Waals surface area contributed by atoms with E-state index in [-0.39, 0.29) is 22.6 Å². The summed E-state index contributed by atoms with van der Waals surface area (Å²) in [4.78, 5) is 11.0. The van der Waals surface area contributed by atoms with Gasteiger partial charge in [-0.05, 0) is 32.0 Å². The fraction of sp³-hybridized carbons (Fsp3) is 0.333. The second-order valence-corrected chi connectivity index (χ2v) is 4.42. The van der Waals surface area contributed by atoms with Gasteiger partial charge < -0.3 is 5.11 Å². The molecule has 1 aromatic heterocycles. The van der Waals surface area contributed by atoms with Gasteiger partial charge in [0.1, 0.15) is 0 Å². The van der Waals surface area contributed by atoms with Gasteiger partial charge in [0.05, 0.1) is 11.1 Å². The van der Waals surface area contributed by atoms with Crippen molar-refractivity contribution in [2.24, 2.45) is 0 Å². The fourth-order valence-electron chi connectivity index (χ4n) is 1.86. The summed E-state index contributed by atoms with van der Waals surface area (Å²) in [6.45, 7) is 3.44. The molecule has 0 radical (unpaired) electrons. The number of carboxylic acids is 1. The maximum Gasteiger partial charge on any atom is 0.416 e. The van der Waals surface area contributed by atoms with Gasteiger partial charge in [0, 0.05) is 11.4 Å². The molecule has 0 atom stereocenters. The van der Waals surface area contributed by atoms with Crippen LogP contribution in [0.25, 0.3) is 10.9 Å². The largest absolute Gasteiger partial charge is 0.476 e. The van der Waals surface area contributed by atoms with Crippen LogP contribution < -0.4 is 0 Å². The number of halogens is 3. The molecule has 1 aromatic carbocycles. The van der Waals surface area contributed by atoms with Crippen molar-refractivity contribution in [2.45, 2.75) is 26.1 Å². The van der Waals surface area contributed by atoms with E-state index < -0.39 is 17.7 Å². The summed E-state index contributed by atoms with van der Waals surface area (Å²) in [5.74, 6) is -1.26. The zero-order chi connectivity index (χ0) is 14.4. The van der Waals surface area contributed by atoms with Gasteiger partial charge in [-0.2, -0.15) is 18.3 Å². The fourth-order valence-corrected chi connectivity index (χ4v) is 1.86. The standard InChI is InChI=1S/C12H11F3N2O2/c1-6(2)17-9-5-7(12(13,14)15)3-4-8(9)10(16-17)11(18)19/h3-6H,1-2H3,(H,18,19). The maximum absolute atomic E-state index is 12.7. The van der Waals surface area contributed by atoms with E-state index in [1.807, 2.05) is 0 Å². The van der Waals surface area contributed by atoms with Gasteiger partial charge in [-0.1, -0.05) is 0 Å². The highest BCUT2D eigenvalue weighted by molar-refractivity contribution is 6.01. The van der Waals surface area contributed by atoms with Crippen LogP contribution in [0.3, 0.4) is 0 Å². The number of alkyl halides is 3. The number of rotatable bonds is 2. The van der Waals surface area contributed by atoms with Crippen molar-refractivity contribution in [3.8, 4) is 0 Å². The molecule has 0 aliphatic carbocycles. The van der Waals surface area contributed by atoms with Crippen molar-refractivity contribution in [1.82, 2.24) is 9.78 Å². The zero-order valence-corrected chi connectivity index (χ0v) is 10.2. The van der Waals surface area contributed by atoms with Gasteiger partial charge in [-0.15, -0.1) is 0 Å². The molecular weight excluding hydrogens is 261 g/mol. The summed E-state index contributed by atoms with van der Waals surface area (Å²) in [6, 6.07) is 2.70. The number of benzene rings is 1. The Hall–Kier alpha value is -2.05. The molecule has 0 aliphatic heterocycles. The lowest BCUT2D eigenvalue weighted by Crippen LogP contribution is -2.07.